The average molecular weight is 570 g/mol. The number of fused-ring (bicyclic) bond motifs is 1. The van der Waals surface area contributed by atoms with E-state index in [1.807, 2.05) is 13.8 Å². The fourth-order valence-corrected chi connectivity index (χ4v) is 4.13. The number of rotatable bonds is 3. The van der Waals surface area contributed by atoms with Gasteiger partial charge in [-0.15, -0.1) is 0 Å². The van der Waals surface area contributed by atoms with Crippen molar-refractivity contribution >= 4 is 28.2 Å². The molecule has 0 amide bonds. The third-order valence-electron chi connectivity index (χ3n) is 5.41. The van der Waals surface area contributed by atoms with E-state index in [1.54, 1.807) is 4.90 Å². The number of aromatic carboxylic acids is 1. The van der Waals surface area contributed by atoms with Gasteiger partial charge in [-0.05, 0) is 26.7 Å². The number of aromatic nitrogens is 1. The molecule has 2 aliphatic rings. The second kappa shape index (κ2) is 10.0. The van der Waals surface area contributed by atoms with Crippen LogP contribution < -0.4 is 46.2 Å². The van der Waals surface area contributed by atoms with Crippen LogP contribution in [0.25, 0.3) is 10.9 Å². The van der Waals surface area contributed by atoms with Crippen molar-refractivity contribution in [1.29, 1.82) is 0 Å². The van der Waals surface area contributed by atoms with Gasteiger partial charge in [-0.1, -0.05) is 0 Å². The van der Waals surface area contributed by atoms with Gasteiger partial charge in [0.15, 0.2) is 11.6 Å². The predicted molar refractivity (Wildman–Crippen MR) is 102 cm³/mol. The quantitative estimate of drug-likeness (QED) is 0.258. The maximum absolute atomic E-state index is 15.6. The molecule has 0 bridgehead atoms. The van der Waals surface area contributed by atoms with Crippen LogP contribution in [0.5, 0.6) is 0 Å². The number of benzene rings is 1. The summed E-state index contributed by atoms with van der Waals surface area (Å²) < 4.78 is 32.2. The first-order chi connectivity index (χ1) is 13.2. The molecule has 2 fully saturated rings. The van der Waals surface area contributed by atoms with E-state index in [0.29, 0.717) is 13.1 Å². The van der Waals surface area contributed by atoms with E-state index >= 15 is 8.78 Å². The molecule has 0 spiro atoms. The topological polar surface area (TPSA) is 101 Å². The normalized spacial score (nSPS) is 20.5. The van der Waals surface area contributed by atoms with Gasteiger partial charge in [-0.25, -0.2) is 13.6 Å². The Morgan fingerprint density at radius 1 is 1.16 bits per heavy atom. The second-order valence-electron chi connectivity index (χ2n) is 7.80. The number of carboxylic acid groups (broad SMARTS) is 1. The van der Waals surface area contributed by atoms with E-state index in [0.717, 1.165) is 19.0 Å². The molecule has 4 N–H and O–H groups in total. The first-order valence-electron chi connectivity index (χ1n) is 9.30. The van der Waals surface area contributed by atoms with E-state index in [9.17, 15) is 14.7 Å². The molecule has 1 aliphatic heterocycles. The second-order valence-corrected chi connectivity index (χ2v) is 7.80. The Hall–Kier alpha value is -1.44. The molecule has 1 aromatic carbocycles. The van der Waals surface area contributed by atoms with Gasteiger partial charge >= 0.3 is 26.4 Å². The Kier molecular flexibility index (Phi) is 8.91. The standard InChI is InChI=1S/C19H22F2N4O3.2ClH.Pd/c1-8-5-24(6-9(2)23-8)17-13(20)15(22)12-16(14(17)21)25(10-3-4-10)7-11(18(12)26)19(27)28;;;/h7-10,23H,3-6,22H2,1-2H3,(H,27,28);2*1H;/q;;;+2/p-2/t8-,9+;;;. The molecule has 2 heterocycles. The Morgan fingerprint density at radius 2 is 1.71 bits per heavy atom. The fraction of sp³-hybridized carbons (Fsp3) is 0.474. The molecule has 174 valence electrons. The van der Waals surface area contributed by atoms with E-state index in [1.165, 1.54) is 4.57 Å². The smallest absolute Gasteiger partial charge is 1.00 e. The number of nitrogens with zero attached hydrogens (tertiary/aromatic N) is 2. The zero-order chi connectivity index (χ0) is 20.3. The summed E-state index contributed by atoms with van der Waals surface area (Å²) in [4.78, 5) is 25.7. The number of hydrogen-bond donors (Lipinski definition) is 3. The molecule has 0 unspecified atom stereocenters. The summed E-state index contributed by atoms with van der Waals surface area (Å²) in [5.41, 5.74) is 3.54. The van der Waals surface area contributed by atoms with Crippen LogP contribution in [0.1, 0.15) is 43.1 Å². The molecule has 1 saturated heterocycles. The zero-order valence-corrected chi connectivity index (χ0v) is 19.8. The number of anilines is 2. The molecule has 2 atom stereocenters. The molecule has 1 aliphatic carbocycles. The first kappa shape index (κ1) is 27.6. The van der Waals surface area contributed by atoms with Crippen LogP contribution in [0, 0.1) is 11.6 Å². The van der Waals surface area contributed by atoms with Crippen LogP contribution in [-0.2, 0) is 20.4 Å². The van der Waals surface area contributed by atoms with E-state index in [-0.39, 0.29) is 74.6 Å². The van der Waals surface area contributed by atoms with Crippen LogP contribution in [0.15, 0.2) is 11.0 Å². The number of halogens is 4. The van der Waals surface area contributed by atoms with Crippen LogP contribution in [-0.4, -0.2) is 40.8 Å². The summed E-state index contributed by atoms with van der Waals surface area (Å²) in [5.74, 6) is -3.34. The van der Waals surface area contributed by atoms with Crippen LogP contribution in [0.2, 0.25) is 0 Å². The van der Waals surface area contributed by atoms with Gasteiger partial charge in [0.05, 0.1) is 16.6 Å². The van der Waals surface area contributed by atoms with E-state index in [2.05, 4.69) is 5.32 Å². The molecule has 1 aromatic heterocycles. The van der Waals surface area contributed by atoms with Crippen molar-refractivity contribution in [3.8, 4) is 0 Å². The number of nitrogens with one attached hydrogen (secondary N) is 1. The third kappa shape index (κ3) is 4.69. The third-order valence-corrected chi connectivity index (χ3v) is 5.41. The van der Waals surface area contributed by atoms with Gasteiger partial charge < -0.3 is 50.4 Å². The summed E-state index contributed by atoms with van der Waals surface area (Å²) in [6.45, 7) is 4.60. The van der Waals surface area contributed by atoms with Crippen molar-refractivity contribution in [2.45, 2.75) is 44.8 Å². The van der Waals surface area contributed by atoms with Crippen molar-refractivity contribution < 1.29 is 63.9 Å². The van der Waals surface area contributed by atoms with E-state index < -0.39 is 39.7 Å². The van der Waals surface area contributed by atoms with Crippen molar-refractivity contribution in [3.63, 3.8) is 0 Å². The molecular formula is C19H22Cl2F2N4O3Pd. The van der Waals surface area contributed by atoms with Crippen LogP contribution in [0.3, 0.4) is 0 Å². The number of carboxylic acids is 1. The number of carbonyl (C=O) groups is 1. The van der Waals surface area contributed by atoms with E-state index in [4.69, 9.17) is 5.73 Å². The van der Waals surface area contributed by atoms with Crippen molar-refractivity contribution in [2.75, 3.05) is 23.7 Å². The number of piperazine rings is 1. The predicted octanol–water partition coefficient (Wildman–Crippen LogP) is -3.91. The summed E-state index contributed by atoms with van der Waals surface area (Å²) in [5, 5.41) is 12.2. The van der Waals surface area contributed by atoms with Gasteiger partial charge in [0, 0.05) is 37.4 Å². The molecule has 0 radical (unpaired) electrons. The van der Waals surface area contributed by atoms with Crippen molar-refractivity contribution in [1.82, 2.24) is 9.88 Å². The molecule has 7 nitrogen and oxygen atoms in total. The van der Waals surface area contributed by atoms with Crippen LogP contribution >= 0.6 is 0 Å². The number of nitrogens with two attached hydrogens (primary N) is 1. The maximum atomic E-state index is 15.6. The summed E-state index contributed by atoms with van der Waals surface area (Å²) in [6.07, 6.45) is 2.60. The number of nitrogen functional groups attached to an aromatic ring is 1. The molecule has 2 aromatic rings. The SMILES string of the molecule is C[C@@H]1CN(c2c(F)c(N)c3c(=O)c(C(=O)O)cn(C4CC4)c3c2F)C[C@H](C)N1.[Cl-].[Cl-].[Pd+2]. The number of pyridine rings is 1. The molecule has 4 rings (SSSR count). The summed E-state index contributed by atoms with van der Waals surface area (Å²) in [6, 6.07) is -0.103. The Bertz CT molecular complexity index is 1060. The Balaban J connectivity index is 0.00000160. The molecular weight excluding hydrogens is 548 g/mol. The minimum atomic E-state index is -1.45. The molecule has 31 heavy (non-hydrogen) atoms. The zero-order valence-electron chi connectivity index (χ0n) is 16.7. The Morgan fingerprint density at radius 3 is 2.19 bits per heavy atom. The molecule has 12 heteroatoms. The largest absolute Gasteiger partial charge is 2.00 e. The first-order valence-corrected chi connectivity index (χ1v) is 9.30. The van der Waals surface area contributed by atoms with Crippen molar-refractivity contribution in [2.24, 2.45) is 0 Å². The van der Waals surface area contributed by atoms with Crippen molar-refractivity contribution in [3.05, 3.63) is 33.6 Å². The minimum absolute atomic E-state index is 0. The van der Waals surface area contributed by atoms with Gasteiger partial charge in [0.1, 0.15) is 11.3 Å². The van der Waals surface area contributed by atoms with Gasteiger partial charge in [0.2, 0.25) is 5.43 Å². The summed E-state index contributed by atoms with van der Waals surface area (Å²) in [7, 11) is 0. The average Bonchev–Trinajstić information content (AvgIpc) is 3.43. The minimum Gasteiger partial charge on any atom is -1.00 e. The molecule has 1 saturated carbocycles. The monoisotopic (exact) mass is 568 g/mol. The summed E-state index contributed by atoms with van der Waals surface area (Å²) >= 11 is 0. The fourth-order valence-electron chi connectivity index (χ4n) is 4.13. The Labute approximate surface area is 203 Å². The van der Waals surface area contributed by atoms with Gasteiger partial charge in [-0.2, -0.15) is 0 Å². The van der Waals surface area contributed by atoms with Gasteiger partial charge in [0.25, 0.3) is 0 Å². The van der Waals surface area contributed by atoms with Gasteiger partial charge in [-0.3, -0.25) is 4.79 Å². The maximum Gasteiger partial charge on any atom is 2.00 e. The number of hydrogen-bond acceptors (Lipinski definition) is 5. The van der Waals surface area contributed by atoms with Crippen LogP contribution in [0.4, 0.5) is 20.2 Å².